The number of aliphatic carboxylic acids is 1. The molecule has 0 radical (unpaired) electrons. The highest BCUT2D eigenvalue weighted by molar-refractivity contribution is 6.14. The molecule has 1 aliphatic heterocycles. The molecule has 1 fully saturated rings. The van der Waals surface area contributed by atoms with Gasteiger partial charge in [-0.25, -0.2) is 9.80 Å². The zero-order chi connectivity index (χ0) is 23.8. The van der Waals surface area contributed by atoms with E-state index in [1.165, 1.54) is 5.01 Å². The Bertz CT molecular complexity index is 724. The molecule has 0 aliphatic carbocycles. The van der Waals surface area contributed by atoms with Crippen molar-refractivity contribution in [2.45, 2.75) is 77.6 Å². The summed E-state index contributed by atoms with van der Waals surface area (Å²) in [5.74, 6) is -2.20. The van der Waals surface area contributed by atoms with Crippen LogP contribution in [0.4, 0.5) is 5.69 Å². The van der Waals surface area contributed by atoms with Gasteiger partial charge in [0.15, 0.2) is 0 Å². The van der Waals surface area contributed by atoms with Gasteiger partial charge in [0.25, 0.3) is 11.8 Å². The number of anilines is 1. The van der Waals surface area contributed by atoms with E-state index in [9.17, 15) is 19.2 Å². The van der Waals surface area contributed by atoms with Crippen molar-refractivity contribution in [1.29, 1.82) is 0 Å². The molecule has 32 heavy (non-hydrogen) atoms. The van der Waals surface area contributed by atoms with Crippen LogP contribution in [0.3, 0.4) is 0 Å². The van der Waals surface area contributed by atoms with Gasteiger partial charge in [0.1, 0.15) is 5.92 Å². The van der Waals surface area contributed by atoms with Gasteiger partial charge in [-0.3, -0.25) is 19.8 Å². The Hall–Kier alpha value is -2.94. The van der Waals surface area contributed by atoms with Crippen LogP contribution in [-0.4, -0.2) is 34.1 Å². The lowest BCUT2D eigenvalue weighted by Crippen LogP contribution is -2.35. The lowest BCUT2D eigenvalue weighted by atomic mass is 10.0. The third-order valence-corrected chi connectivity index (χ3v) is 5.04. The van der Waals surface area contributed by atoms with Gasteiger partial charge in [-0.05, 0) is 31.4 Å². The van der Waals surface area contributed by atoms with Crippen LogP contribution in [-0.2, 0) is 24.1 Å². The van der Waals surface area contributed by atoms with Gasteiger partial charge < -0.3 is 9.99 Å². The Balaban J connectivity index is 0.000000324. The maximum absolute atomic E-state index is 12.1. The molecule has 3 N–H and O–H groups in total. The van der Waals surface area contributed by atoms with Crippen LogP contribution >= 0.6 is 0 Å². The summed E-state index contributed by atoms with van der Waals surface area (Å²) >= 11 is 0. The van der Waals surface area contributed by atoms with E-state index in [0.29, 0.717) is 24.9 Å². The van der Waals surface area contributed by atoms with Gasteiger partial charge in [0.05, 0.1) is 5.69 Å². The standard InChI is InChI=1S/C13H16N2O2.C10H18O5/c1-2-3-9-11-12(16)14-15(13(11)17)10-7-5-4-6-8-10;11-9(12)7-5-3-1-2-4-6-8-10(13)15-14/h4-8,11H,2-3,9H2,1H3,(H,14,16);14H,1-8H2,(H,11,12). The summed E-state index contributed by atoms with van der Waals surface area (Å²) < 4.78 is 0. The second-order valence-electron chi connectivity index (χ2n) is 7.66. The van der Waals surface area contributed by atoms with Crippen LogP contribution in [0.25, 0.3) is 0 Å². The molecular formula is C23H34N2O7. The van der Waals surface area contributed by atoms with Crippen molar-refractivity contribution in [3.63, 3.8) is 0 Å². The average Bonchev–Trinajstić information content (AvgIpc) is 3.08. The lowest BCUT2D eigenvalue weighted by molar-refractivity contribution is -0.234. The summed E-state index contributed by atoms with van der Waals surface area (Å²) in [7, 11) is 0. The van der Waals surface area contributed by atoms with Crippen molar-refractivity contribution in [2.24, 2.45) is 5.92 Å². The summed E-state index contributed by atoms with van der Waals surface area (Å²) in [6, 6.07) is 9.17. The molecule has 2 amide bonds. The van der Waals surface area contributed by atoms with Crippen LogP contribution in [0.2, 0.25) is 0 Å². The molecule has 9 nitrogen and oxygen atoms in total. The van der Waals surface area contributed by atoms with Crippen molar-refractivity contribution in [1.82, 2.24) is 5.43 Å². The van der Waals surface area contributed by atoms with Gasteiger partial charge in [-0.15, -0.1) is 0 Å². The molecular weight excluding hydrogens is 416 g/mol. The highest BCUT2D eigenvalue weighted by Gasteiger charge is 2.39. The number of hydrogen-bond acceptors (Lipinski definition) is 6. The molecule has 0 bridgehead atoms. The number of carboxylic acid groups (broad SMARTS) is 1. The summed E-state index contributed by atoms with van der Waals surface area (Å²) in [5.41, 5.74) is 3.34. The molecule has 1 heterocycles. The molecule has 178 valence electrons. The SMILES string of the molecule is CCCCC1C(=O)NN(c2ccccc2)C1=O.O=C(O)CCCCCCCCC(=O)OO. The molecule has 0 spiro atoms. The van der Waals surface area contributed by atoms with Gasteiger partial charge in [0.2, 0.25) is 0 Å². The fourth-order valence-corrected chi connectivity index (χ4v) is 3.24. The van der Waals surface area contributed by atoms with E-state index in [2.05, 4.69) is 10.3 Å². The average molecular weight is 451 g/mol. The Morgan fingerprint density at radius 3 is 2.12 bits per heavy atom. The molecule has 1 aromatic carbocycles. The largest absolute Gasteiger partial charge is 0.481 e. The second kappa shape index (κ2) is 15.8. The van der Waals surface area contributed by atoms with Gasteiger partial charge in [0, 0.05) is 12.8 Å². The highest BCUT2D eigenvalue weighted by atomic mass is 17.1. The molecule has 0 aromatic heterocycles. The fourth-order valence-electron chi connectivity index (χ4n) is 3.24. The van der Waals surface area contributed by atoms with Gasteiger partial charge >= 0.3 is 11.9 Å². The second-order valence-corrected chi connectivity index (χ2v) is 7.66. The van der Waals surface area contributed by atoms with Crippen molar-refractivity contribution in [2.75, 3.05) is 5.01 Å². The first-order valence-corrected chi connectivity index (χ1v) is 11.2. The molecule has 1 atom stereocenters. The Labute approximate surface area is 188 Å². The fraction of sp³-hybridized carbons (Fsp3) is 0.565. The van der Waals surface area contributed by atoms with E-state index >= 15 is 0 Å². The van der Waals surface area contributed by atoms with E-state index < -0.39 is 17.9 Å². The monoisotopic (exact) mass is 450 g/mol. The van der Waals surface area contributed by atoms with Crippen LogP contribution in [0, 0.1) is 5.92 Å². The first-order chi connectivity index (χ1) is 15.4. The van der Waals surface area contributed by atoms with Crippen molar-refractivity contribution in [3.8, 4) is 0 Å². The van der Waals surface area contributed by atoms with E-state index in [1.54, 1.807) is 12.1 Å². The van der Waals surface area contributed by atoms with Crippen LogP contribution in [0.1, 0.15) is 77.6 Å². The number of rotatable bonds is 13. The quantitative estimate of drug-likeness (QED) is 0.178. The maximum atomic E-state index is 12.1. The summed E-state index contributed by atoms with van der Waals surface area (Å²) in [6.07, 6.45) is 8.20. The number of benzene rings is 1. The highest BCUT2D eigenvalue weighted by Crippen LogP contribution is 2.22. The number of carboxylic acids is 1. The van der Waals surface area contributed by atoms with Gasteiger partial charge in [-0.1, -0.05) is 63.6 Å². The van der Waals surface area contributed by atoms with Crippen molar-refractivity contribution < 1.29 is 34.4 Å². The minimum absolute atomic E-state index is 0.144. The molecule has 1 unspecified atom stereocenters. The number of carbonyl (C=O) groups excluding carboxylic acids is 3. The number of nitrogens with zero attached hydrogens (tertiary/aromatic N) is 1. The number of unbranched alkanes of at least 4 members (excludes halogenated alkanes) is 6. The molecule has 1 aliphatic rings. The summed E-state index contributed by atoms with van der Waals surface area (Å²) in [4.78, 5) is 47.9. The molecule has 1 aromatic rings. The van der Waals surface area contributed by atoms with Crippen LogP contribution < -0.4 is 10.4 Å². The van der Waals surface area contributed by atoms with Crippen molar-refractivity contribution >= 4 is 29.4 Å². The summed E-state index contributed by atoms with van der Waals surface area (Å²) in [6.45, 7) is 2.05. The predicted molar refractivity (Wildman–Crippen MR) is 118 cm³/mol. The van der Waals surface area contributed by atoms with Crippen LogP contribution in [0.15, 0.2) is 30.3 Å². The van der Waals surface area contributed by atoms with Crippen molar-refractivity contribution in [3.05, 3.63) is 30.3 Å². The Morgan fingerprint density at radius 1 is 0.969 bits per heavy atom. The summed E-state index contributed by atoms with van der Waals surface area (Å²) in [5, 5.41) is 17.7. The first-order valence-electron chi connectivity index (χ1n) is 11.2. The Kier molecular flexibility index (Phi) is 13.4. The van der Waals surface area contributed by atoms with E-state index in [0.717, 1.165) is 38.5 Å². The maximum Gasteiger partial charge on any atom is 0.342 e. The molecule has 2 rings (SSSR count). The zero-order valence-electron chi connectivity index (χ0n) is 18.6. The van der Waals surface area contributed by atoms with E-state index in [4.69, 9.17) is 10.4 Å². The van der Waals surface area contributed by atoms with E-state index in [-0.39, 0.29) is 24.7 Å². The molecule has 9 heteroatoms. The number of carbonyl (C=O) groups is 4. The zero-order valence-corrected chi connectivity index (χ0v) is 18.6. The van der Waals surface area contributed by atoms with E-state index in [1.807, 2.05) is 25.1 Å². The first kappa shape index (κ1) is 27.1. The third-order valence-electron chi connectivity index (χ3n) is 5.04. The number of para-hydroxylation sites is 1. The Morgan fingerprint density at radius 2 is 1.56 bits per heavy atom. The lowest BCUT2D eigenvalue weighted by Gasteiger charge is -2.14. The number of hydrazine groups is 1. The minimum Gasteiger partial charge on any atom is -0.481 e. The minimum atomic E-state index is -0.749. The predicted octanol–water partition coefficient (Wildman–Crippen LogP) is 4.08. The normalized spacial score (nSPS) is 15.1. The number of hydrogen-bond donors (Lipinski definition) is 3. The molecule has 0 saturated carbocycles. The third kappa shape index (κ3) is 10.4. The number of nitrogens with one attached hydrogen (secondary N) is 1. The van der Waals surface area contributed by atoms with Gasteiger partial charge in [-0.2, -0.15) is 5.26 Å². The smallest absolute Gasteiger partial charge is 0.342 e. The molecule has 1 saturated heterocycles. The topological polar surface area (TPSA) is 133 Å². The van der Waals surface area contributed by atoms with Crippen LogP contribution in [0.5, 0.6) is 0 Å². The number of amides is 2.